The lowest BCUT2D eigenvalue weighted by atomic mass is 10.0. The highest BCUT2D eigenvalue weighted by molar-refractivity contribution is 5.71. The van der Waals surface area contributed by atoms with E-state index in [1.807, 2.05) is 0 Å². The number of carbonyl (C=O) groups is 3. The summed E-state index contributed by atoms with van der Waals surface area (Å²) in [6, 6.07) is 0. The largest absolute Gasteiger partial charge is 0.462 e. The van der Waals surface area contributed by atoms with Gasteiger partial charge in [-0.05, 0) is 83.5 Å². The van der Waals surface area contributed by atoms with E-state index in [0.717, 1.165) is 116 Å². The van der Waals surface area contributed by atoms with Gasteiger partial charge in [0.25, 0.3) is 0 Å². The summed E-state index contributed by atoms with van der Waals surface area (Å²) in [7, 11) is 0. The average molecular weight is 1120 g/mol. The van der Waals surface area contributed by atoms with E-state index in [2.05, 4.69) is 93.7 Å². The van der Waals surface area contributed by atoms with Crippen LogP contribution >= 0.6 is 0 Å². The van der Waals surface area contributed by atoms with E-state index in [9.17, 15) is 14.4 Å². The van der Waals surface area contributed by atoms with Crippen LogP contribution in [0.1, 0.15) is 361 Å². The first kappa shape index (κ1) is 76.9. The van der Waals surface area contributed by atoms with E-state index in [1.165, 1.54) is 205 Å². The molecular weight excluding hydrogens is 985 g/mol. The molecule has 1 unspecified atom stereocenters. The molecule has 0 N–H and O–H groups in total. The van der Waals surface area contributed by atoms with Crippen molar-refractivity contribution in [3.8, 4) is 0 Å². The van der Waals surface area contributed by atoms with E-state index in [4.69, 9.17) is 14.2 Å². The molecule has 0 saturated carbocycles. The van der Waals surface area contributed by atoms with Gasteiger partial charge in [-0.25, -0.2) is 0 Å². The maximum atomic E-state index is 12.9. The maximum Gasteiger partial charge on any atom is 0.306 e. The number of hydrogen-bond donors (Lipinski definition) is 0. The van der Waals surface area contributed by atoms with Crippen molar-refractivity contribution in [3.63, 3.8) is 0 Å². The summed E-state index contributed by atoms with van der Waals surface area (Å²) in [4.78, 5) is 38.4. The molecule has 464 valence electrons. The van der Waals surface area contributed by atoms with Gasteiger partial charge in [0.15, 0.2) is 6.10 Å². The normalized spacial score (nSPS) is 12.5. The molecule has 1 atom stereocenters. The van der Waals surface area contributed by atoms with Gasteiger partial charge >= 0.3 is 17.9 Å². The third kappa shape index (κ3) is 65.7. The zero-order valence-electron chi connectivity index (χ0n) is 53.3. The van der Waals surface area contributed by atoms with Gasteiger partial charge < -0.3 is 14.2 Å². The van der Waals surface area contributed by atoms with Crippen LogP contribution in [0.5, 0.6) is 0 Å². The Bertz CT molecular complexity index is 1470. The van der Waals surface area contributed by atoms with Crippen LogP contribution in [0.3, 0.4) is 0 Å². The summed E-state index contributed by atoms with van der Waals surface area (Å²) in [5, 5.41) is 0. The van der Waals surface area contributed by atoms with Crippen molar-refractivity contribution in [1.29, 1.82) is 0 Å². The Kier molecular flexibility index (Phi) is 65.7. The van der Waals surface area contributed by atoms with E-state index < -0.39 is 6.10 Å². The second-order valence-electron chi connectivity index (χ2n) is 23.4. The molecule has 80 heavy (non-hydrogen) atoms. The summed E-state index contributed by atoms with van der Waals surface area (Å²) in [5.74, 6) is -0.884. The quantitative estimate of drug-likeness (QED) is 0.0261. The van der Waals surface area contributed by atoms with Crippen LogP contribution in [0.15, 0.2) is 72.9 Å². The van der Waals surface area contributed by atoms with Crippen LogP contribution < -0.4 is 0 Å². The Balaban J connectivity index is 4.23. The lowest BCUT2D eigenvalue weighted by Crippen LogP contribution is -2.30. The van der Waals surface area contributed by atoms with Crippen molar-refractivity contribution in [2.24, 2.45) is 0 Å². The van der Waals surface area contributed by atoms with Crippen LogP contribution in [0.2, 0.25) is 0 Å². The molecule has 0 bridgehead atoms. The summed E-state index contributed by atoms with van der Waals surface area (Å²) in [5.41, 5.74) is 0. The first-order valence-electron chi connectivity index (χ1n) is 34.9. The second-order valence-corrected chi connectivity index (χ2v) is 23.4. The summed E-state index contributed by atoms with van der Waals surface area (Å²) in [6.45, 7) is 6.50. The van der Waals surface area contributed by atoms with Crippen molar-refractivity contribution < 1.29 is 28.6 Å². The second kappa shape index (κ2) is 68.3. The molecule has 0 rings (SSSR count). The van der Waals surface area contributed by atoms with Gasteiger partial charge in [0.05, 0.1) is 0 Å². The molecule has 0 aromatic carbocycles. The number of unbranched alkanes of at least 4 members (excludes halogenated alkanes) is 41. The fourth-order valence-electron chi connectivity index (χ4n) is 10.2. The number of hydrogen-bond acceptors (Lipinski definition) is 6. The molecule has 6 heteroatoms. The Morgan fingerprint density at radius 2 is 0.512 bits per heavy atom. The molecule has 0 aromatic rings. The van der Waals surface area contributed by atoms with E-state index in [-0.39, 0.29) is 31.1 Å². The fourth-order valence-corrected chi connectivity index (χ4v) is 10.2. The Morgan fingerprint density at radius 3 is 0.812 bits per heavy atom. The predicted octanol–water partition coefficient (Wildman–Crippen LogP) is 24.1. The summed E-state index contributed by atoms with van der Waals surface area (Å²) in [6.07, 6.45) is 89.4. The first-order valence-corrected chi connectivity index (χ1v) is 34.9. The predicted molar refractivity (Wildman–Crippen MR) is 348 cm³/mol. The van der Waals surface area contributed by atoms with E-state index >= 15 is 0 Å². The van der Waals surface area contributed by atoms with Crippen molar-refractivity contribution in [3.05, 3.63) is 72.9 Å². The van der Waals surface area contributed by atoms with Crippen LogP contribution in [-0.4, -0.2) is 37.2 Å². The maximum absolute atomic E-state index is 12.9. The molecule has 6 nitrogen and oxygen atoms in total. The molecule has 0 spiro atoms. The van der Waals surface area contributed by atoms with Crippen LogP contribution in [0.25, 0.3) is 0 Å². The molecule has 0 saturated heterocycles. The summed E-state index contributed by atoms with van der Waals surface area (Å²) >= 11 is 0. The number of carbonyl (C=O) groups excluding carboxylic acids is 3. The number of esters is 3. The third-order valence-corrected chi connectivity index (χ3v) is 15.4. The van der Waals surface area contributed by atoms with E-state index in [0.29, 0.717) is 19.3 Å². The monoisotopic (exact) mass is 1120 g/mol. The third-order valence-electron chi connectivity index (χ3n) is 15.4. The van der Waals surface area contributed by atoms with Crippen LogP contribution in [0.4, 0.5) is 0 Å². The standard InChI is InChI=1S/C74H132O6/c1-4-7-10-13-16-19-22-25-27-29-31-33-34-35-36-37-38-39-41-42-44-46-49-52-55-58-61-64-67-73(76)79-70-71(69-78-72(75)66-63-60-57-54-51-48-24-21-18-15-12-9-6-3)80-74(77)68-65-62-59-56-53-50-47-45-43-40-32-30-28-26-23-20-17-14-11-8-5-2/h8,11-12,15,17,20-21,24,26,28,32,40,71H,4-7,9-10,13-14,16,18-19,22-23,25,27,29-31,33-39,41-70H2,1-3H3/b11-8-,15-12-,20-17-,24-21-,28-26-,40-32-. The Morgan fingerprint density at radius 1 is 0.263 bits per heavy atom. The number of allylic oxidation sites excluding steroid dienone is 12. The molecule has 0 aromatic heterocycles. The van der Waals surface area contributed by atoms with Gasteiger partial charge in [0.2, 0.25) is 0 Å². The number of ether oxygens (including phenoxy) is 3. The van der Waals surface area contributed by atoms with Crippen molar-refractivity contribution in [2.75, 3.05) is 13.2 Å². The Labute approximate surface area is 497 Å². The fraction of sp³-hybridized carbons (Fsp3) is 0.797. The van der Waals surface area contributed by atoms with Gasteiger partial charge in [-0.1, -0.05) is 331 Å². The smallest absolute Gasteiger partial charge is 0.306 e. The van der Waals surface area contributed by atoms with Crippen LogP contribution in [-0.2, 0) is 28.6 Å². The van der Waals surface area contributed by atoms with Crippen molar-refractivity contribution in [1.82, 2.24) is 0 Å². The topological polar surface area (TPSA) is 78.9 Å². The highest BCUT2D eigenvalue weighted by atomic mass is 16.6. The molecule has 0 aliphatic rings. The molecular formula is C74H132O6. The Hall–Kier alpha value is -3.15. The minimum Gasteiger partial charge on any atom is -0.462 e. The lowest BCUT2D eigenvalue weighted by Gasteiger charge is -2.18. The van der Waals surface area contributed by atoms with Gasteiger partial charge in [0.1, 0.15) is 13.2 Å². The lowest BCUT2D eigenvalue weighted by molar-refractivity contribution is -0.167. The van der Waals surface area contributed by atoms with Gasteiger partial charge in [-0.3, -0.25) is 14.4 Å². The van der Waals surface area contributed by atoms with Crippen molar-refractivity contribution >= 4 is 17.9 Å². The molecule has 0 fully saturated rings. The highest BCUT2D eigenvalue weighted by Crippen LogP contribution is 2.18. The van der Waals surface area contributed by atoms with Crippen molar-refractivity contribution in [2.45, 2.75) is 367 Å². The summed E-state index contributed by atoms with van der Waals surface area (Å²) < 4.78 is 17.0. The minimum absolute atomic E-state index is 0.0802. The highest BCUT2D eigenvalue weighted by Gasteiger charge is 2.19. The SMILES string of the molecule is CC/C=C\C/C=C\C/C=C\C/C=C\CCCCCCCCCCC(=O)OC(COC(=O)CCCCCCC/C=C\C/C=C\CCC)COC(=O)CCCCCCCCCCCCCCCCCCCCCCCCCCCCCC. The molecule has 0 aliphatic carbocycles. The molecule has 0 amide bonds. The molecule has 0 radical (unpaired) electrons. The number of rotatable bonds is 64. The van der Waals surface area contributed by atoms with Gasteiger partial charge in [-0.2, -0.15) is 0 Å². The first-order chi connectivity index (χ1) is 39.5. The molecule has 0 aliphatic heterocycles. The van der Waals surface area contributed by atoms with Crippen LogP contribution in [0, 0.1) is 0 Å². The minimum atomic E-state index is -0.786. The van der Waals surface area contributed by atoms with Gasteiger partial charge in [-0.15, -0.1) is 0 Å². The van der Waals surface area contributed by atoms with Gasteiger partial charge in [0, 0.05) is 19.3 Å². The average Bonchev–Trinajstić information content (AvgIpc) is 3.46. The molecule has 0 heterocycles. The zero-order valence-corrected chi connectivity index (χ0v) is 53.3. The van der Waals surface area contributed by atoms with E-state index in [1.54, 1.807) is 0 Å². The zero-order chi connectivity index (χ0) is 57.8.